The predicted octanol–water partition coefficient (Wildman–Crippen LogP) is 9.75. The fourth-order valence-corrected chi connectivity index (χ4v) is 4.64. The normalized spacial score (nSPS) is 13.0. The summed E-state index contributed by atoms with van der Waals surface area (Å²) in [4.78, 5) is 0. The molecule has 0 bridgehead atoms. The second-order valence-corrected chi connectivity index (χ2v) is 11.8. The second-order valence-electron chi connectivity index (χ2n) is 11.8. The van der Waals surface area contributed by atoms with Crippen LogP contribution in [-0.2, 0) is 18.9 Å². The lowest BCUT2D eigenvalue weighted by atomic mass is 9.74. The van der Waals surface area contributed by atoms with Crippen LogP contribution < -0.4 is 0 Å². The molecule has 0 heterocycles. The quantitative estimate of drug-likeness (QED) is 0.0737. The zero-order chi connectivity index (χ0) is 29.7. The average molecular weight is 563 g/mol. The Morgan fingerprint density at radius 1 is 0.538 bits per heavy atom. The van der Waals surface area contributed by atoms with Crippen molar-refractivity contribution in [3.05, 3.63) is 38.0 Å². The molecule has 39 heavy (non-hydrogen) atoms. The Bertz CT molecular complexity index is 617. The summed E-state index contributed by atoms with van der Waals surface area (Å²) in [5, 5.41) is 0. The SMILES string of the molecule is C=CCC(CC=C)(CC=C)CCCCCCCOCCC(C)(C)OCCCCOCCC(C)(C)OC(F)(F)F. The van der Waals surface area contributed by atoms with Crippen molar-refractivity contribution in [3.63, 3.8) is 0 Å². The topological polar surface area (TPSA) is 36.9 Å². The molecule has 0 atom stereocenters. The highest BCUT2D eigenvalue weighted by atomic mass is 19.4. The van der Waals surface area contributed by atoms with Gasteiger partial charge in [0.1, 0.15) is 0 Å². The number of halogens is 3. The first kappa shape index (κ1) is 37.9. The van der Waals surface area contributed by atoms with Gasteiger partial charge in [-0.05, 0) is 90.9 Å². The van der Waals surface area contributed by atoms with Crippen LogP contribution in [0.15, 0.2) is 38.0 Å². The monoisotopic (exact) mass is 562 g/mol. The maximum atomic E-state index is 12.3. The Hall–Kier alpha value is -1.15. The van der Waals surface area contributed by atoms with E-state index < -0.39 is 12.0 Å². The van der Waals surface area contributed by atoms with Crippen LogP contribution in [0.5, 0.6) is 0 Å². The molecule has 0 radical (unpaired) electrons. The van der Waals surface area contributed by atoms with Gasteiger partial charge < -0.3 is 14.2 Å². The minimum atomic E-state index is -4.63. The van der Waals surface area contributed by atoms with Gasteiger partial charge in [-0.1, -0.05) is 43.9 Å². The van der Waals surface area contributed by atoms with Crippen molar-refractivity contribution in [2.24, 2.45) is 5.41 Å². The summed E-state index contributed by atoms with van der Waals surface area (Å²) in [7, 11) is 0. The number of rotatable bonds is 27. The molecule has 4 nitrogen and oxygen atoms in total. The van der Waals surface area contributed by atoms with E-state index in [0.717, 1.165) is 51.6 Å². The number of hydrogen-bond donors (Lipinski definition) is 0. The smallest absolute Gasteiger partial charge is 0.381 e. The van der Waals surface area contributed by atoms with Crippen LogP contribution >= 0.6 is 0 Å². The fraction of sp³-hybridized carbons (Fsp3) is 0.812. The summed E-state index contributed by atoms with van der Waals surface area (Å²) in [6.07, 6.45) is 14.3. The molecular formula is C32H57F3O4. The molecule has 0 saturated heterocycles. The molecule has 0 aliphatic rings. The molecule has 0 aromatic carbocycles. The summed E-state index contributed by atoms with van der Waals surface area (Å²) in [6, 6.07) is 0. The maximum Gasteiger partial charge on any atom is 0.523 e. The third kappa shape index (κ3) is 22.2. The van der Waals surface area contributed by atoms with E-state index in [-0.39, 0.29) is 24.0 Å². The van der Waals surface area contributed by atoms with Crippen molar-refractivity contribution in [1.29, 1.82) is 0 Å². The Kier molecular flexibility index (Phi) is 20.1. The molecule has 0 aromatic rings. The largest absolute Gasteiger partial charge is 0.523 e. The van der Waals surface area contributed by atoms with E-state index in [9.17, 15) is 13.2 Å². The van der Waals surface area contributed by atoms with E-state index in [0.29, 0.717) is 19.8 Å². The van der Waals surface area contributed by atoms with Gasteiger partial charge in [-0.2, -0.15) is 0 Å². The van der Waals surface area contributed by atoms with Gasteiger partial charge in [0.2, 0.25) is 0 Å². The lowest BCUT2D eigenvalue weighted by molar-refractivity contribution is -0.362. The van der Waals surface area contributed by atoms with Crippen molar-refractivity contribution in [3.8, 4) is 0 Å². The van der Waals surface area contributed by atoms with Crippen LogP contribution in [0.1, 0.15) is 111 Å². The first-order chi connectivity index (χ1) is 18.3. The van der Waals surface area contributed by atoms with E-state index in [2.05, 4.69) is 38.3 Å². The van der Waals surface area contributed by atoms with Crippen molar-refractivity contribution >= 4 is 0 Å². The van der Waals surface area contributed by atoms with Gasteiger partial charge in [-0.25, -0.2) is 0 Å². The van der Waals surface area contributed by atoms with Crippen LogP contribution in [-0.4, -0.2) is 50.6 Å². The van der Waals surface area contributed by atoms with E-state index in [4.69, 9.17) is 14.2 Å². The molecule has 0 fully saturated rings. The fourth-order valence-electron chi connectivity index (χ4n) is 4.64. The number of allylic oxidation sites excluding steroid dienone is 3. The third-order valence-corrected chi connectivity index (χ3v) is 6.99. The number of hydrogen-bond acceptors (Lipinski definition) is 4. The molecule has 0 amide bonds. The van der Waals surface area contributed by atoms with Gasteiger partial charge >= 0.3 is 6.36 Å². The highest BCUT2D eigenvalue weighted by Gasteiger charge is 2.37. The lowest BCUT2D eigenvalue weighted by Crippen LogP contribution is -2.33. The summed E-state index contributed by atoms with van der Waals surface area (Å²) in [5.41, 5.74) is -1.30. The van der Waals surface area contributed by atoms with Gasteiger partial charge in [0.25, 0.3) is 0 Å². The molecule has 0 rings (SSSR count). The maximum absolute atomic E-state index is 12.3. The Labute approximate surface area is 237 Å². The molecule has 0 aliphatic heterocycles. The van der Waals surface area contributed by atoms with Gasteiger partial charge in [0, 0.05) is 33.0 Å². The van der Waals surface area contributed by atoms with Crippen molar-refractivity contribution < 1.29 is 32.1 Å². The molecule has 0 saturated carbocycles. The molecule has 7 heteroatoms. The zero-order valence-corrected chi connectivity index (χ0v) is 25.3. The minimum Gasteiger partial charge on any atom is -0.381 e. The van der Waals surface area contributed by atoms with Crippen LogP contribution in [0.25, 0.3) is 0 Å². The Morgan fingerprint density at radius 2 is 0.974 bits per heavy atom. The number of ether oxygens (including phenoxy) is 4. The molecule has 0 aromatic heterocycles. The van der Waals surface area contributed by atoms with Crippen LogP contribution in [0.3, 0.4) is 0 Å². The summed E-state index contributed by atoms with van der Waals surface area (Å²) >= 11 is 0. The average Bonchev–Trinajstić information content (AvgIpc) is 2.81. The highest BCUT2D eigenvalue weighted by Crippen LogP contribution is 2.38. The van der Waals surface area contributed by atoms with E-state index in [1.807, 2.05) is 18.2 Å². The first-order valence-corrected chi connectivity index (χ1v) is 14.7. The second kappa shape index (κ2) is 20.7. The molecule has 0 unspecified atom stereocenters. The number of unbranched alkanes of at least 4 members (excludes halogenated alkanes) is 5. The molecule has 0 spiro atoms. The van der Waals surface area contributed by atoms with Gasteiger partial charge in [0.15, 0.2) is 0 Å². The number of alkyl halides is 3. The summed E-state index contributed by atoms with van der Waals surface area (Å²) in [6.45, 7) is 21.6. The highest BCUT2D eigenvalue weighted by molar-refractivity contribution is 4.95. The van der Waals surface area contributed by atoms with Crippen molar-refractivity contribution in [1.82, 2.24) is 0 Å². The molecular weight excluding hydrogens is 505 g/mol. The van der Waals surface area contributed by atoms with Crippen molar-refractivity contribution in [2.45, 2.75) is 129 Å². The Morgan fingerprint density at radius 3 is 1.49 bits per heavy atom. The van der Waals surface area contributed by atoms with E-state index >= 15 is 0 Å². The van der Waals surface area contributed by atoms with E-state index in [1.165, 1.54) is 46.0 Å². The van der Waals surface area contributed by atoms with Crippen LogP contribution in [0.4, 0.5) is 13.2 Å². The lowest BCUT2D eigenvalue weighted by Gasteiger charge is -2.31. The summed E-state index contributed by atoms with van der Waals surface area (Å²) < 4.78 is 58.4. The third-order valence-electron chi connectivity index (χ3n) is 6.99. The van der Waals surface area contributed by atoms with E-state index in [1.54, 1.807) is 0 Å². The van der Waals surface area contributed by atoms with Gasteiger partial charge in [-0.3, -0.25) is 4.74 Å². The summed E-state index contributed by atoms with van der Waals surface area (Å²) in [5.74, 6) is 0. The molecule has 0 N–H and O–H groups in total. The Balaban J connectivity index is 3.76. The molecule has 230 valence electrons. The molecule has 0 aliphatic carbocycles. The van der Waals surface area contributed by atoms with Crippen LogP contribution in [0.2, 0.25) is 0 Å². The van der Waals surface area contributed by atoms with Crippen LogP contribution in [0, 0.1) is 5.41 Å². The minimum absolute atomic E-state index is 0.180. The zero-order valence-electron chi connectivity index (χ0n) is 25.3. The van der Waals surface area contributed by atoms with Gasteiger partial charge in [-0.15, -0.1) is 32.9 Å². The van der Waals surface area contributed by atoms with Gasteiger partial charge in [0.05, 0.1) is 11.2 Å². The van der Waals surface area contributed by atoms with Crippen molar-refractivity contribution in [2.75, 3.05) is 33.0 Å². The first-order valence-electron chi connectivity index (χ1n) is 14.7. The standard InChI is InChI=1S/C32H57F3O4/c1-8-18-31(19-9-2,20-10-3)21-14-12-11-13-15-24-36-27-22-29(4,5)38-26-17-16-25-37-28-23-30(6,7)39-32(33,34)35/h8-10H,1-3,11-28H2,4-7H3. The predicted molar refractivity (Wildman–Crippen MR) is 156 cm³/mol.